The quantitative estimate of drug-likeness (QED) is 0.716. The van der Waals surface area contributed by atoms with Gasteiger partial charge < -0.3 is 15.2 Å². The number of aromatic nitrogens is 3. The molecule has 0 saturated carbocycles. The number of ether oxygens (including phenoxy) is 2. The van der Waals surface area contributed by atoms with Crippen molar-refractivity contribution in [1.82, 2.24) is 14.8 Å². The summed E-state index contributed by atoms with van der Waals surface area (Å²) in [6, 6.07) is 9.28. The molecule has 0 saturated heterocycles. The van der Waals surface area contributed by atoms with Gasteiger partial charge in [-0.25, -0.2) is 9.78 Å². The Hall–Kier alpha value is -2.87. The molecule has 3 rings (SSSR count). The maximum atomic E-state index is 11.7. The molecule has 2 N–H and O–H groups in total. The number of para-hydroxylation sites is 1. The summed E-state index contributed by atoms with van der Waals surface area (Å²) in [4.78, 5) is 16.0. The van der Waals surface area contributed by atoms with Crippen molar-refractivity contribution in [2.75, 3.05) is 19.5 Å². The number of methoxy groups -OCH3 is 1. The molecule has 0 atom stereocenters. The first-order valence-electron chi connectivity index (χ1n) is 7.26. The highest BCUT2D eigenvalue weighted by atomic mass is 32.1. The molecule has 0 fully saturated rings. The maximum absolute atomic E-state index is 11.7. The van der Waals surface area contributed by atoms with E-state index >= 15 is 0 Å². The van der Waals surface area contributed by atoms with Gasteiger partial charge in [0.2, 0.25) is 5.13 Å². The summed E-state index contributed by atoms with van der Waals surface area (Å²) in [7, 11) is 1.60. The van der Waals surface area contributed by atoms with Crippen LogP contribution >= 0.6 is 11.3 Å². The standard InChI is InChI=1S/C16H16N4O3S/c1-3-23-15(21)12-9-24-16(18-12)20-14(17)8-11(19-20)10-6-4-5-7-13(10)22-2/h4-9H,3,17H2,1-2H3. The average molecular weight is 344 g/mol. The summed E-state index contributed by atoms with van der Waals surface area (Å²) >= 11 is 1.27. The molecule has 0 spiro atoms. The van der Waals surface area contributed by atoms with Crippen LogP contribution in [0.15, 0.2) is 35.7 Å². The zero-order valence-electron chi connectivity index (χ0n) is 13.2. The Morgan fingerprint density at radius 1 is 1.38 bits per heavy atom. The van der Waals surface area contributed by atoms with Crippen LogP contribution in [0.5, 0.6) is 5.75 Å². The molecule has 0 aliphatic rings. The number of carbonyl (C=O) groups excluding carboxylic acids is 1. The number of nitrogens with zero attached hydrogens (tertiary/aromatic N) is 3. The van der Waals surface area contributed by atoms with Crippen LogP contribution in [-0.2, 0) is 4.74 Å². The number of rotatable bonds is 5. The number of hydrogen-bond donors (Lipinski definition) is 1. The minimum atomic E-state index is -0.462. The van der Waals surface area contributed by atoms with Gasteiger partial charge in [0.25, 0.3) is 0 Å². The summed E-state index contributed by atoms with van der Waals surface area (Å²) in [6.45, 7) is 2.05. The Morgan fingerprint density at radius 2 is 2.17 bits per heavy atom. The SMILES string of the molecule is CCOC(=O)c1csc(-n2nc(-c3ccccc3OC)cc2N)n1. The molecule has 2 heterocycles. The van der Waals surface area contributed by atoms with Gasteiger partial charge >= 0.3 is 5.97 Å². The van der Waals surface area contributed by atoms with E-state index in [2.05, 4.69) is 10.1 Å². The normalized spacial score (nSPS) is 10.6. The first-order valence-corrected chi connectivity index (χ1v) is 8.14. The zero-order chi connectivity index (χ0) is 17.1. The summed E-state index contributed by atoms with van der Waals surface area (Å²) in [5.41, 5.74) is 7.79. The van der Waals surface area contributed by atoms with Gasteiger partial charge in [-0.15, -0.1) is 11.3 Å². The summed E-state index contributed by atoms with van der Waals surface area (Å²) in [6.07, 6.45) is 0. The van der Waals surface area contributed by atoms with Crippen molar-refractivity contribution >= 4 is 23.1 Å². The van der Waals surface area contributed by atoms with Crippen molar-refractivity contribution in [3.8, 4) is 22.1 Å². The molecule has 24 heavy (non-hydrogen) atoms. The Balaban J connectivity index is 1.96. The van der Waals surface area contributed by atoms with E-state index in [1.54, 1.807) is 25.5 Å². The summed E-state index contributed by atoms with van der Waals surface area (Å²) in [5.74, 6) is 0.657. The molecule has 124 valence electrons. The monoisotopic (exact) mass is 344 g/mol. The topological polar surface area (TPSA) is 92.3 Å². The lowest BCUT2D eigenvalue weighted by Crippen LogP contribution is -2.06. The lowest BCUT2D eigenvalue weighted by molar-refractivity contribution is 0.0520. The molecule has 7 nitrogen and oxygen atoms in total. The predicted octanol–water partition coefficient (Wildman–Crippen LogP) is 2.76. The number of benzene rings is 1. The van der Waals surface area contributed by atoms with Crippen LogP contribution in [0.2, 0.25) is 0 Å². The van der Waals surface area contributed by atoms with Crippen molar-refractivity contribution in [3.63, 3.8) is 0 Å². The van der Waals surface area contributed by atoms with E-state index in [0.717, 1.165) is 5.56 Å². The second kappa shape index (κ2) is 6.71. The third-order valence-corrected chi connectivity index (χ3v) is 4.09. The Labute approximate surface area is 142 Å². The molecule has 1 aromatic carbocycles. The van der Waals surface area contributed by atoms with Gasteiger partial charge in [-0.1, -0.05) is 12.1 Å². The van der Waals surface area contributed by atoms with E-state index < -0.39 is 5.97 Å². The molecule has 3 aromatic rings. The fourth-order valence-electron chi connectivity index (χ4n) is 2.20. The van der Waals surface area contributed by atoms with Gasteiger partial charge in [0.15, 0.2) is 5.69 Å². The van der Waals surface area contributed by atoms with Crippen molar-refractivity contribution in [3.05, 3.63) is 41.4 Å². The minimum absolute atomic E-state index is 0.241. The fourth-order valence-corrected chi connectivity index (χ4v) is 2.96. The molecular formula is C16H16N4O3S. The first-order chi connectivity index (χ1) is 11.6. The molecule has 0 bridgehead atoms. The molecule has 8 heteroatoms. The van der Waals surface area contributed by atoms with Crippen LogP contribution in [0, 0.1) is 0 Å². The van der Waals surface area contributed by atoms with Gasteiger partial charge in [-0.3, -0.25) is 0 Å². The highest BCUT2D eigenvalue weighted by Gasteiger charge is 2.17. The third-order valence-electron chi connectivity index (χ3n) is 3.28. The molecule has 2 aromatic heterocycles. The zero-order valence-corrected chi connectivity index (χ0v) is 14.0. The van der Waals surface area contributed by atoms with Gasteiger partial charge in [-0.2, -0.15) is 9.78 Å². The number of anilines is 1. The Bertz CT molecular complexity index is 872. The molecule has 0 unspecified atom stereocenters. The lowest BCUT2D eigenvalue weighted by atomic mass is 10.1. The van der Waals surface area contributed by atoms with Crippen molar-refractivity contribution < 1.29 is 14.3 Å². The first kappa shape index (κ1) is 16.0. The summed E-state index contributed by atoms with van der Waals surface area (Å²) in [5, 5.41) is 6.60. The van der Waals surface area contributed by atoms with Crippen LogP contribution in [-0.4, -0.2) is 34.5 Å². The molecular weight excluding hydrogens is 328 g/mol. The van der Waals surface area contributed by atoms with Crippen LogP contribution in [0.1, 0.15) is 17.4 Å². The Morgan fingerprint density at radius 3 is 2.92 bits per heavy atom. The van der Waals surface area contributed by atoms with Gasteiger partial charge in [0.05, 0.1) is 19.4 Å². The third kappa shape index (κ3) is 2.95. The van der Waals surface area contributed by atoms with Crippen molar-refractivity contribution in [1.29, 1.82) is 0 Å². The molecule has 0 radical (unpaired) electrons. The fraction of sp³-hybridized carbons (Fsp3) is 0.188. The second-order valence-electron chi connectivity index (χ2n) is 4.80. The van der Waals surface area contributed by atoms with Crippen LogP contribution in [0.25, 0.3) is 16.4 Å². The largest absolute Gasteiger partial charge is 0.496 e. The second-order valence-corrected chi connectivity index (χ2v) is 5.64. The molecule has 0 aliphatic carbocycles. The number of nitrogen functional groups attached to an aromatic ring is 1. The van der Waals surface area contributed by atoms with E-state index in [0.29, 0.717) is 29.0 Å². The number of nitrogens with two attached hydrogens (primary N) is 1. The number of esters is 1. The maximum Gasteiger partial charge on any atom is 0.357 e. The van der Waals surface area contributed by atoms with Crippen LogP contribution in [0.4, 0.5) is 5.82 Å². The Kier molecular flexibility index (Phi) is 4.48. The van der Waals surface area contributed by atoms with E-state index in [1.807, 2.05) is 24.3 Å². The molecule has 0 amide bonds. The number of carbonyl (C=O) groups is 1. The van der Waals surface area contributed by atoms with Gasteiger partial charge in [0.1, 0.15) is 11.6 Å². The lowest BCUT2D eigenvalue weighted by Gasteiger charge is -2.04. The van der Waals surface area contributed by atoms with E-state index in [-0.39, 0.29) is 5.69 Å². The predicted molar refractivity (Wildman–Crippen MR) is 91.6 cm³/mol. The average Bonchev–Trinajstić information content (AvgIpc) is 3.21. The van der Waals surface area contributed by atoms with E-state index in [1.165, 1.54) is 16.0 Å². The van der Waals surface area contributed by atoms with E-state index in [9.17, 15) is 4.79 Å². The van der Waals surface area contributed by atoms with Crippen LogP contribution < -0.4 is 10.5 Å². The van der Waals surface area contributed by atoms with Crippen molar-refractivity contribution in [2.45, 2.75) is 6.92 Å². The smallest absolute Gasteiger partial charge is 0.357 e. The summed E-state index contributed by atoms with van der Waals surface area (Å²) < 4.78 is 11.8. The highest BCUT2D eigenvalue weighted by molar-refractivity contribution is 7.12. The van der Waals surface area contributed by atoms with Crippen molar-refractivity contribution in [2.24, 2.45) is 0 Å². The van der Waals surface area contributed by atoms with Gasteiger partial charge in [-0.05, 0) is 19.1 Å². The number of hydrogen-bond acceptors (Lipinski definition) is 7. The van der Waals surface area contributed by atoms with Crippen LogP contribution in [0.3, 0.4) is 0 Å². The minimum Gasteiger partial charge on any atom is -0.496 e. The number of thiazole rings is 1. The highest BCUT2D eigenvalue weighted by Crippen LogP contribution is 2.31. The van der Waals surface area contributed by atoms with E-state index in [4.69, 9.17) is 15.2 Å². The van der Waals surface area contributed by atoms with Gasteiger partial charge in [0, 0.05) is 17.0 Å². The molecule has 0 aliphatic heterocycles.